The summed E-state index contributed by atoms with van der Waals surface area (Å²) in [5.74, 6) is -0.486. The van der Waals surface area contributed by atoms with Crippen LogP contribution in [0.3, 0.4) is 0 Å². The molecule has 0 spiro atoms. The molecule has 0 aliphatic rings. The molecule has 0 aliphatic carbocycles. The third kappa shape index (κ3) is 3.69. The normalized spacial score (nSPS) is 13.0. The van der Waals surface area contributed by atoms with Crippen molar-refractivity contribution in [2.45, 2.75) is 39.2 Å². The smallest absolute Gasteiger partial charge is 0.315 e. The molecule has 0 aliphatic heterocycles. The van der Waals surface area contributed by atoms with Crippen LogP contribution in [0.15, 0.2) is 12.4 Å². The van der Waals surface area contributed by atoms with E-state index in [0.717, 1.165) is 0 Å². The first-order valence-electron chi connectivity index (χ1n) is 5.43. The number of ether oxygens (including phenoxy) is 2. The van der Waals surface area contributed by atoms with E-state index < -0.39 is 11.5 Å². The van der Waals surface area contributed by atoms with Crippen LogP contribution in [0, 0.1) is 0 Å². The number of carbonyl (C=O) groups excluding carboxylic acids is 1. The molecular weight excluding hydrogens is 220 g/mol. The second-order valence-corrected chi connectivity index (χ2v) is 4.71. The van der Waals surface area contributed by atoms with E-state index in [2.05, 4.69) is 9.97 Å². The molecule has 1 heterocycles. The summed E-state index contributed by atoms with van der Waals surface area (Å²) in [6.07, 6.45) is 3.04. The fourth-order valence-electron chi connectivity index (χ4n) is 1.29. The van der Waals surface area contributed by atoms with Crippen LogP contribution in [0.1, 0.15) is 39.3 Å². The number of hydrogen-bond acceptors (Lipinski definition) is 5. The highest BCUT2D eigenvalue weighted by Gasteiger charge is 2.26. The summed E-state index contributed by atoms with van der Waals surface area (Å²) >= 11 is 0. The van der Waals surface area contributed by atoms with Crippen molar-refractivity contribution >= 4 is 5.97 Å². The Balaban J connectivity index is 2.89. The first-order chi connectivity index (χ1) is 7.85. The molecular formula is C12H18N2O3. The van der Waals surface area contributed by atoms with Gasteiger partial charge in [0.15, 0.2) is 0 Å². The monoisotopic (exact) mass is 238 g/mol. The fourth-order valence-corrected chi connectivity index (χ4v) is 1.29. The number of aromatic nitrogens is 2. The van der Waals surface area contributed by atoms with Crippen molar-refractivity contribution < 1.29 is 14.3 Å². The summed E-state index contributed by atoms with van der Waals surface area (Å²) in [5, 5.41) is 0. The van der Waals surface area contributed by atoms with E-state index in [9.17, 15) is 4.79 Å². The second kappa shape index (κ2) is 5.12. The zero-order chi connectivity index (χ0) is 13.1. The van der Waals surface area contributed by atoms with Crippen LogP contribution in [0.5, 0.6) is 5.88 Å². The van der Waals surface area contributed by atoms with Gasteiger partial charge in [0.1, 0.15) is 17.2 Å². The van der Waals surface area contributed by atoms with E-state index in [0.29, 0.717) is 11.6 Å². The van der Waals surface area contributed by atoms with Crippen molar-refractivity contribution in [2.75, 3.05) is 7.11 Å². The Labute approximate surface area is 101 Å². The summed E-state index contributed by atoms with van der Waals surface area (Å²) in [6, 6.07) is 0. The maximum absolute atomic E-state index is 11.9. The first-order valence-corrected chi connectivity index (χ1v) is 5.43. The van der Waals surface area contributed by atoms with E-state index in [1.54, 1.807) is 6.92 Å². The molecule has 1 aromatic heterocycles. The lowest BCUT2D eigenvalue weighted by atomic mass is 10.1. The molecule has 1 aromatic rings. The summed E-state index contributed by atoms with van der Waals surface area (Å²) in [7, 11) is 1.50. The zero-order valence-corrected chi connectivity index (χ0v) is 10.9. The Morgan fingerprint density at radius 1 is 1.29 bits per heavy atom. The average Bonchev–Trinajstić information content (AvgIpc) is 2.25. The molecule has 17 heavy (non-hydrogen) atoms. The molecule has 0 saturated carbocycles. The van der Waals surface area contributed by atoms with Crippen molar-refractivity contribution in [2.24, 2.45) is 0 Å². The molecule has 0 N–H and O–H groups in total. The molecule has 1 unspecified atom stereocenters. The quantitative estimate of drug-likeness (QED) is 0.753. The Morgan fingerprint density at radius 3 is 2.41 bits per heavy atom. The number of nitrogens with zero attached hydrogens (tertiary/aromatic N) is 2. The van der Waals surface area contributed by atoms with Crippen LogP contribution in [0.2, 0.25) is 0 Å². The number of esters is 1. The Kier molecular flexibility index (Phi) is 4.04. The highest BCUT2D eigenvalue weighted by molar-refractivity contribution is 5.78. The Morgan fingerprint density at radius 2 is 1.88 bits per heavy atom. The molecule has 0 amide bonds. The van der Waals surface area contributed by atoms with Crippen LogP contribution in [0.4, 0.5) is 0 Å². The topological polar surface area (TPSA) is 61.3 Å². The van der Waals surface area contributed by atoms with Gasteiger partial charge in [0.05, 0.1) is 7.11 Å². The molecule has 1 atom stereocenters. The summed E-state index contributed by atoms with van der Waals surface area (Å²) in [5.41, 5.74) is -0.0231. The molecule has 94 valence electrons. The molecule has 5 heteroatoms. The first kappa shape index (κ1) is 13.4. The van der Waals surface area contributed by atoms with Gasteiger partial charge in [-0.25, -0.2) is 4.98 Å². The fraction of sp³-hybridized carbons (Fsp3) is 0.583. The van der Waals surface area contributed by atoms with Crippen molar-refractivity contribution in [3.05, 3.63) is 18.1 Å². The van der Waals surface area contributed by atoms with E-state index in [1.165, 1.54) is 19.5 Å². The number of hydrogen-bond donors (Lipinski definition) is 0. The molecule has 0 radical (unpaired) electrons. The molecule has 5 nitrogen and oxygen atoms in total. The van der Waals surface area contributed by atoms with Gasteiger partial charge in [-0.15, -0.1) is 0 Å². The average molecular weight is 238 g/mol. The lowest BCUT2D eigenvalue weighted by Gasteiger charge is -2.22. The lowest BCUT2D eigenvalue weighted by Crippen LogP contribution is -2.27. The van der Waals surface area contributed by atoms with E-state index >= 15 is 0 Å². The predicted octanol–water partition coefficient (Wildman–Crippen LogP) is 1.93. The van der Waals surface area contributed by atoms with Crippen LogP contribution >= 0.6 is 0 Å². The molecule has 0 bridgehead atoms. The van der Waals surface area contributed by atoms with Crippen LogP contribution < -0.4 is 4.74 Å². The summed E-state index contributed by atoms with van der Waals surface area (Å²) in [4.78, 5) is 20.0. The van der Waals surface area contributed by atoms with E-state index in [-0.39, 0.29) is 5.97 Å². The summed E-state index contributed by atoms with van der Waals surface area (Å²) < 4.78 is 10.4. The number of carbonyl (C=O) groups is 1. The van der Waals surface area contributed by atoms with Crippen LogP contribution in [-0.4, -0.2) is 28.6 Å². The van der Waals surface area contributed by atoms with Crippen molar-refractivity contribution in [3.63, 3.8) is 0 Å². The van der Waals surface area contributed by atoms with Crippen molar-refractivity contribution in [1.29, 1.82) is 0 Å². The standard InChI is InChI=1S/C12H18N2O3/c1-8(11(15)17-12(2,3)4)9-10(16-5)14-7-6-13-9/h6-8H,1-5H3. The number of rotatable bonds is 3. The minimum absolute atomic E-state index is 0.337. The van der Waals surface area contributed by atoms with Crippen LogP contribution in [-0.2, 0) is 9.53 Å². The minimum atomic E-state index is -0.513. The van der Waals surface area contributed by atoms with Gasteiger partial charge in [-0.05, 0) is 27.7 Å². The molecule has 0 aromatic carbocycles. The van der Waals surface area contributed by atoms with Crippen LogP contribution in [0.25, 0.3) is 0 Å². The SMILES string of the molecule is COc1nccnc1C(C)C(=O)OC(C)(C)C. The minimum Gasteiger partial charge on any atom is -0.480 e. The largest absolute Gasteiger partial charge is 0.480 e. The molecule has 0 saturated heterocycles. The van der Waals surface area contributed by atoms with Gasteiger partial charge in [-0.3, -0.25) is 9.78 Å². The third-order valence-electron chi connectivity index (χ3n) is 2.06. The van der Waals surface area contributed by atoms with Gasteiger partial charge in [0, 0.05) is 12.4 Å². The molecule has 1 rings (SSSR count). The lowest BCUT2D eigenvalue weighted by molar-refractivity contribution is -0.156. The van der Waals surface area contributed by atoms with Gasteiger partial charge in [-0.2, -0.15) is 0 Å². The third-order valence-corrected chi connectivity index (χ3v) is 2.06. The van der Waals surface area contributed by atoms with Gasteiger partial charge < -0.3 is 9.47 Å². The zero-order valence-electron chi connectivity index (χ0n) is 10.9. The highest BCUT2D eigenvalue weighted by Crippen LogP contribution is 2.24. The second-order valence-electron chi connectivity index (χ2n) is 4.71. The maximum Gasteiger partial charge on any atom is 0.315 e. The Bertz CT molecular complexity index is 399. The predicted molar refractivity (Wildman–Crippen MR) is 62.8 cm³/mol. The van der Waals surface area contributed by atoms with Gasteiger partial charge in [0.25, 0.3) is 0 Å². The Hall–Kier alpha value is -1.65. The van der Waals surface area contributed by atoms with Gasteiger partial charge in [0.2, 0.25) is 5.88 Å². The van der Waals surface area contributed by atoms with Crippen molar-refractivity contribution in [3.8, 4) is 5.88 Å². The van der Waals surface area contributed by atoms with E-state index in [4.69, 9.17) is 9.47 Å². The number of methoxy groups -OCH3 is 1. The summed E-state index contributed by atoms with van der Waals surface area (Å²) in [6.45, 7) is 7.20. The van der Waals surface area contributed by atoms with Crippen molar-refractivity contribution in [1.82, 2.24) is 9.97 Å². The van der Waals surface area contributed by atoms with Gasteiger partial charge >= 0.3 is 5.97 Å². The highest BCUT2D eigenvalue weighted by atomic mass is 16.6. The maximum atomic E-state index is 11.9. The van der Waals surface area contributed by atoms with Gasteiger partial charge in [-0.1, -0.05) is 0 Å². The van der Waals surface area contributed by atoms with E-state index in [1.807, 2.05) is 20.8 Å². The molecule has 0 fully saturated rings.